The first-order valence-corrected chi connectivity index (χ1v) is 8.74. The summed E-state index contributed by atoms with van der Waals surface area (Å²) < 4.78 is 7.55. The van der Waals surface area contributed by atoms with Crippen molar-refractivity contribution in [3.63, 3.8) is 0 Å². The lowest BCUT2D eigenvalue weighted by atomic mass is 10.2. The fourth-order valence-corrected chi connectivity index (χ4v) is 3.48. The Labute approximate surface area is 145 Å². The zero-order valence-electron chi connectivity index (χ0n) is 14.3. The molecule has 126 valence electrons. The van der Waals surface area contributed by atoms with Crippen LogP contribution in [0.25, 0.3) is 4.96 Å². The lowest BCUT2D eigenvalue weighted by Gasteiger charge is -2.11. The van der Waals surface area contributed by atoms with Crippen LogP contribution in [0.15, 0.2) is 30.5 Å². The van der Waals surface area contributed by atoms with Gasteiger partial charge in [-0.05, 0) is 45.4 Å². The second kappa shape index (κ2) is 6.65. The number of carbonyl (C=O) groups excluding carboxylic acids is 1. The van der Waals surface area contributed by atoms with E-state index >= 15 is 0 Å². The molecule has 0 saturated heterocycles. The highest BCUT2D eigenvalue weighted by Crippen LogP contribution is 2.21. The monoisotopic (exact) mass is 343 g/mol. The number of nitrogens with zero attached hydrogens (tertiary/aromatic N) is 2. The van der Waals surface area contributed by atoms with Gasteiger partial charge in [-0.15, -0.1) is 11.3 Å². The standard InChI is InChI=1S/C18H21N3O2S/c1-11(2)23-15-7-5-6-14(8-15)9-19-17(22)16-13(4)20-18-21(16)10-12(3)24-18/h5-8,10-11H,9H2,1-4H3,(H,19,22). The van der Waals surface area contributed by atoms with Crippen LogP contribution in [0.1, 0.15) is 40.5 Å². The number of benzene rings is 1. The minimum atomic E-state index is -0.118. The van der Waals surface area contributed by atoms with Crippen LogP contribution in [0.2, 0.25) is 0 Å². The van der Waals surface area contributed by atoms with Crippen molar-refractivity contribution in [1.82, 2.24) is 14.7 Å². The molecule has 0 atom stereocenters. The Kier molecular flexibility index (Phi) is 4.57. The number of hydrogen-bond acceptors (Lipinski definition) is 4. The number of fused-ring (bicyclic) bond motifs is 1. The summed E-state index contributed by atoms with van der Waals surface area (Å²) in [5.41, 5.74) is 2.35. The van der Waals surface area contributed by atoms with Gasteiger partial charge in [0.05, 0.1) is 11.8 Å². The van der Waals surface area contributed by atoms with E-state index in [9.17, 15) is 4.79 Å². The van der Waals surface area contributed by atoms with E-state index in [1.807, 2.05) is 62.6 Å². The predicted molar refractivity (Wildman–Crippen MR) is 95.9 cm³/mol. The lowest BCUT2D eigenvalue weighted by molar-refractivity contribution is 0.0944. The van der Waals surface area contributed by atoms with Crippen LogP contribution in [0, 0.1) is 13.8 Å². The SMILES string of the molecule is Cc1cn2c(C(=O)NCc3cccc(OC(C)C)c3)c(C)nc2s1. The summed E-state index contributed by atoms with van der Waals surface area (Å²) in [6.45, 7) is 8.30. The molecule has 2 aromatic heterocycles. The lowest BCUT2D eigenvalue weighted by Crippen LogP contribution is -2.24. The highest BCUT2D eigenvalue weighted by atomic mass is 32.1. The first kappa shape index (κ1) is 16.5. The molecule has 0 aliphatic rings. The van der Waals surface area contributed by atoms with Crippen molar-refractivity contribution >= 4 is 22.2 Å². The summed E-state index contributed by atoms with van der Waals surface area (Å²) in [5.74, 6) is 0.695. The van der Waals surface area contributed by atoms with Gasteiger partial charge in [-0.2, -0.15) is 0 Å². The second-order valence-electron chi connectivity index (χ2n) is 6.04. The summed E-state index contributed by atoms with van der Waals surface area (Å²) in [7, 11) is 0. The number of rotatable bonds is 5. The zero-order chi connectivity index (χ0) is 17.3. The van der Waals surface area contributed by atoms with Gasteiger partial charge in [-0.3, -0.25) is 9.20 Å². The van der Waals surface area contributed by atoms with Gasteiger partial charge in [-0.25, -0.2) is 4.98 Å². The molecule has 6 heteroatoms. The van der Waals surface area contributed by atoms with Gasteiger partial charge in [0.2, 0.25) is 0 Å². The average molecular weight is 343 g/mol. The highest BCUT2D eigenvalue weighted by molar-refractivity contribution is 7.17. The molecule has 1 amide bonds. The molecule has 24 heavy (non-hydrogen) atoms. The molecule has 0 bridgehead atoms. The number of ether oxygens (including phenoxy) is 1. The third-order valence-electron chi connectivity index (χ3n) is 3.55. The van der Waals surface area contributed by atoms with Crippen molar-refractivity contribution in [2.75, 3.05) is 0 Å². The van der Waals surface area contributed by atoms with Crippen LogP contribution in [-0.2, 0) is 6.54 Å². The van der Waals surface area contributed by atoms with E-state index in [0.29, 0.717) is 12.2 Å². The molecule has 0 radical (unpaired) electrons. The first-order chi connectivity index (χ1) is 11.4. The molecule has 0 spiro atoms. The molecule has 0 aliphatic heterocycles. The van der Waals surface area contributed by atoms with E-state index < -0.39 is 0 Å². The largest absolute Gasteiger partial charge is 0.491 e. The zero-order valence-corrected chi connectivity index (χ0v) is 15.1. The van der Waals surface area contributed by atoms with E-state index in [1.165, 1.54) is 0 Å². The van der Waals surface area contributed by atoms with Gasteiger partial charge in [0.15, 0.2) is 4.96 Å². The van der Waals surface area contributed by atoms with Crippen LogP contribution in [0.4, 0.5) is 0 Å². The topological polar surface area (TPSA) is 55.6 Å². The Morgan fingerprint density at radius 3 is 2.92 bits per heavy atom. The van der Waals surface area contributed by atoms with Crippen LogP contribution < -0.4 is 10.1 Å². The molecule has 0 aliphatic carbocycles. The van der Waals surface area contributed by atoms with Gasteiger partial charge in [0, 0.05) is 17.6 Å². The molecule has 0 unspecified atom stereocenters. The van der Waals surface area contributed by atoms with Crippen LogP contribution in [-0.4, -0.2) is 21.4 Å². The summed E-state index contributed by atoms with van der Waals surface area (Å²) in [5, 5.41) is 2.97. The fraction of sp³-hybridized carbons (Fsp3) is 0.333. The number of aromatic nitrogens is 2. The summed E-state index contributed by atoms with van der Waals surface area (Å²) in [4.78, 5) is 19.0. The quantitative estimate of drug-likeness (QED) is 0.768. The first-order valence-electron chi connectivity index (χ1n) is 7.93. The van der Waals surface area contributed by atoms with Gasteiger partial charge in [0.25, 0.3) is 5.91 Å². The van der Waals surface area contributed by atoms with Crippen molar-refractivity contribution in [2.45, 2.75) is 40.3 Å². The Morgan fingerprint density at radius 1 is 1.38 bits per heavy atom. The van der Waals surface area contributed by atoms with E-state index in [1.54, 1.807) is 11.3 Å². The van der Waals surface area contributed by atoms with Crippen LogP contribution in [0.3, 0.4) is 0 Å². The molecular formula is C18H21N3O2S. The summed E-state index contributed by atoms with van der Waals surface area (Å²) in [6, 6.07) is 7.78. The molecule has 1 N–H and O–H groups in total. The Bertz CT molecular complexity index is 880. The van der Waals surface area contributed by atoms with Gasteiger partial charge < -0.3 is 10.1 Å². The van der Waals surface area contributed by atoms with Gasteiger partial charge in [-0.1, -0.05) is 12.1 Å². The maximum atomic E-state index is 12.6. The molecular weight excluding hydrogens is 322 g/mol. The normalized spacial score (nSPS) is 11.2. The molecule has 2 heterocycles. The van der Waals surface area contributed by atoms with Crippen molar-refractivity contribution in [2.24, 2.45) is 0 Å². The minimum Gasteiger partial charge on any atom is -0.491 e. The van der Waals surface area contributed by atoms with E-state index in [4.69, 9.17) is 4.74 Å². The maximum absolute atomic E-state index is 12.6. The third-order valence-corrected chi connectivity index (χ3v) is 4.45. The van der Waals surface area contributed by atoms with Gasteiger partial charge in [0.1, 0.15) is 11.4 Å². The number of nitrogens with one attached hydrogen (secondary N) is 1. The van der Waals surface area contributed by atoms with Crippen molar-refractivity contribution < 1.29 is 9.53 Å². The Hall–Kier alpha value is -2.34. The van der Waals surface area contributed by atoms with E-state index in [2.05, 4.69) is 10.3 Å². The Morgan fingerprint density at radius 2 is 2.17 bits per heavy atom. The average Bonchev–Trinajstić information content (AvgIpc) is 2.98. The molecule has 0 fully saturated rings. The second-order valence-corrected chi connectivity index (χ2v) is 7.25. The number of thiazole rings is 1. The van der Waals surface area contributed by atoms with E-state index in [-0.39, 0.29) is 12.0 Å². The number of hydrogen-bond donors (Lipinski definition) is 1. The minimum absolute atomic E-state index is 0.118. The fourth-order valence-electron chi connectivity index (χ4n) is 2.60. The summed E-state index contributed by atoms with van der Waals surface area (Å²) in [6.07, 6.45) is 2.07. The van der Waals surface area contributed by atoms with Crippen molar-refractivity contribution in [3.05, 3.63) is 52.3 Å². The molecule has 5 nitrogen and oxygen atoms in total. The molecule has 3 rings (SSSR count). The Balaban J connectivity index is 1.74. The number of carbonyl (C=O) groups is 1. The van der Waals surface area contributed by atoms with Gasteiger partial charge >= 0.3 is 0 Å². The molecule has 3 aromatic rings. The third kappa shape index (κ3) is 3.43. The van der Waals surface area contributed by atoms with Crippen LogP contribution >= 0.6 is 11.3 Å². The number of amides is 1. The highest BCUT2D eigenvalue weighted by Gasteiger charge is 2.17. The maximum Gasteiger partial charge on any atom is 0.270 e. The molecule has 0 saturated carbocycles. The number of aryl methyl sites for hydroxylation is 2. The predicted octanol–water partition coefficient (Wildman–Crippen LogP) is 3.73. The number of imidazole rings is 1. The van der Waals surface area contributed by atoms with Crippen molar-refractivity contribution in [3.8, 4) is 5.75 Å². The van der Waals surface area contributed by atoms with Crippen molar-refractivity contribution in [1.29, 1.82) is 0 Å². The smallest absolute Gasteiger partial charge is 0.270 e. The summed E-state index contributed by atoms with van der Waals surface area (Å²) >= 11 is 1.58. The molecule has 1 aromatic carbocycles. The van der Waals surface area contributed by atoms with Crippen LogP contribution in [0.5, 0.6) is 5.75 Å². The van der Waals surface area contributed by atoms with E-state index in [0.717, 1.165) is 26.8 Å².